The van der Waals surface area contributed by atoms with E-state index in [2.05, 4.69) is 4.98 Å². The third-order valence-electron chi connectivity index (χ3n) is 5.19. The van der Waals surface area contributed by atoms with Crippen LogP contribution in [0.15, 0.2) is 83.0 Å². The molecule has 0 aliphatic carbocycles. The molecule has 0 amide bonds. The number of rotatable bonds is 5. The lowest BCUT2D eigenvalue weighted by atomic mass is 10.1. The fourth-order valence-corrected chi connectivity index (χ4v) is 4.61. The van der Waals surface area contributed by atoms with Crippen LogP contribution in [-0.4, -0.2) is 15.5 Å². The van der Waals surface area contributed by atoms with Gasteiger partial charge in [-0.15, -0.1) is 11.3 Å². The van der Waals surface area contributed by atoms with Gasteiger partial charge in [0.2, 0.25) is 0 Å². The smallest absolute Gasteiger partial charge is 0.326 e. The van der Waals surface area contributed by atoms with Gasteiger partial charge >= 0.3 is 5.97 Å². The minimum atomic E-state index is -0.398. The molecule has 0 N–H and O–H groups in total. The highest BCUT2D eigenvalue weighted by Crippen LogP contribution is 2.25. The van der Waals surface area contributed by atoms with Gasteiger partial charge < -0.3 is 9.30 Å². The average molecular weight is 461 g/mol. The van der Waals surface area contributed by atoms with Gasteiger partial charge in [-0.25, -0.2) is 4.98 Å². The zero-order valence-electron chi connectivity index (χ0n) is 16.8. The first-order valence-electron chi connectivity index (χ1n) is 9.96. The monoisotopic (exact) mass is 460 g/mol. The summed E-state index contributed by atoms with van der Waals surface area (Å²) in [4.78, 5) is 30.1. The second-order valence-electron chi connectivity index (χ2n) is 7.26. The van der Waals surface area contributed by atoms with Crippen LogP contribution < -0.4 is 5.43 Å². The van der Waals surface area contributed by atoms with Crippen molar-refractivity contribution in [2.45, 2.75) is 13.2 Å². The van der Waals surface area contributed by atoms with Gasteiger partial charge in [0.05, 0.1) is 16.7 Å². The van der Waals surface area contributed by atoms with Crippen molar-refractivity contribution in [1.82, 2.24) is 9.55 Å². The van der Waals surface area contributed by atoms with E-state index in [9.17, 15) is 9.59 Å². The first kappa shape index (κ1) is 20.4. The first-order chi connectivity index (χ1) is 15.6. The fourth-order valence-electron chi connectivity index (χ4n) is 3.67. The third-order valence-corrected chi connectivity index (χ3v) is 6.38. The number of hydrogen-bond donors (Lipinski definition) is 0. The number of fused-ring (bicyclic) bond motifs is 2. The summed E-state index contributed by atoms with van der Waals surface area (Å²) >= 11 is 7.43. The summed E-state index contributed by atoms with van der Waals surface area (Å²) in [5, 5.41) is 4.53. The molecule has 3 aromatic carbocycles. The van der Waals surface area contributed by atoms with Crippen LogP contribution in [0.4, 0.5) is 0 Å². The highest BCUT2D eigenvalue weighted by Gasteiger charge is 2.14. The Morgan fingerprint density at radius 1 is 0.938 bits per heavy atom. The molecule has 2 aromatic heterocycles. The summed E-state index contributed by atoms with van der Waals surface area (Å²) in [6, 6.07) is 22.0. The van der Waals surface area contributed by atoms with E-state index >= 15 is 0 Å². The molecule has 5 rings (SSSR count). The Morgan fingerprint density at radius 3 is 2.22 bits per heavy atom. The third kappa shape index (κ3) is 3.90. The number of halogens is 1. The predicted octanol–water partition coefficient (Wildman–Crippen LogP) is 5.68. The van der Waals surface area contributed by atoms with E-state index in [1.807, 2.05) is 70.6 Å². The maximum Gasteiger partial charge on any atom is 0.326 e. The standard InChI is InChI=1S/C25H17ClN2O3S/c26-17-11-9-16(10-12-17)25-27-18(15-32-25)14-31-23(29)13-28-21-7-3-1-5-19(21)24(30)20-6-2-4-8-22(20)28/h1-12,15H,13-14H2. The topological polar surface area (TPSA) is 61.2 Å². The van der Waals surface area contributed by atoms with Crippen molar-refractivity contribution in [2.24, 2.45) is 0 Å². The lowest BCUT2D eigenvalue weighted by Gasteiger charge is -2.14. The molecule has 5 nitrogen and oxygen atoms in total. The number of pyridine rings is 1. The molecular formula is C25H17ClN2O3S. The number of para-hydroxylation sites is 2. The number of ether oxygens (including phenoxy) is 1. The number of thiazole rings is 1. The molecule has 158 valence electrons. The van der Waals surface area contributed by atoms with Gasteiger partial charge in [-0.2, -0.15) is 0 Å². The van der Waals surface area contributed by atoms with Crippen LogP contribution in [0, 0.1) is 0 Å². The molecule has 0 saturated heterocycles. The number of nitrogens with zero attached hydrogens (tertiary/aromatic N) is 2. The molecule has 2 heterocycles. The van der Waals surface area contributed by atoms with Gasteiger partial charge in [0, 0.05) is 26.7 Å². The van der Waals surface area contributed by atoms with Gasteiger partial charge in [-0.05, 0) is 36.4 Å². The van der Waals surface area contributed by atoms with Crippen molar-refractivity contribution >= 4 is 50.7 Å². The number of benzene rings is 3. The molecule has 0 fully saturated rings. The maximum atomic E-state index is 12.8. The summed E-state index contributed by atoms with van der Waals surface area (Å²) in [6.45, 7) is 0.0778. The highest BCUT2D eigenvalue weighted by atomic mass is 35.5. The molecule has 5 aromatic rings. The average Bonchev–Trinajstić information content (AvgIpc) is 3.30. The van der Waals surface area contributed by atoms with Crippen LogP contribution in [-0.2, 0) is 22.7 Å². The molecule has 32 heavy (non-hydrogen) atoms. The van der Waals surface area contributed by atoms with Gasteiger partial charge in [0.15, 0.2) is 5.43 Å². The Morgan fingerprint density at radius 2 is 1.56 bits per heavy atom. The maximum absolute atomic E-state index is 12.8. The quantitative estimate of drug-likeness (QED) is 0.250. The molecule has 0 radical (unpaired) electrons. The second-order valence-corrected chi connectivity index (χ2v) is 8.56. The molecule has 0 bridgehead atoms. The summed E-state index contributed by atoms with van der Waals surface area (Å²) in [5.74, 6) is -0.398. The molecule has 0 unspecified atom stereocenters. The van der Waals surface area contributed by atoms with Gasteiger partial charge in [-0.3, -0.25) is 9.59 Å². The van der Waals surface area contributed by atoms with Crippen LogP contribution >= 0.6 is 22.9 Å². The van der Waals surface area contributed by atoms with E-state index in [4.69, 9.17) is 16.3 Å². The van der Waals surface area contributed by atoms with Crippen molar-refractivity contribution < 1.29 is 9.53 Å². The lowest BCUT2D eigenvalue weighted by molar-refractivity contribution is -0.145. The molecule has 0 saturated carbocycles. The van der Waals surface area contributed by atoms with Crippen LogP contribution in [0.1, 0.15) is 5.69 Å². The Kier molecular flexibility index (Phi) is 5.47. The number of aromatic nitrogens is 2. The van der Waals surface area contributed by atoms with Crippen LogP contribution in [0.5, 0.6) is 0 Å². The van der Waals surface area contributed by atoms with Gasteiger partial charge in [0.25, 0.3) is 0 Å². The largest absolute Gasteiger partial charge is 0.458 e. The first-order valence-corrected chi connectivity index (χ1v) is 11.2. The van der Waals surface area contributed by atoms with E-state index in [0.717, 1.165) is 10.6 Å². The Balaban J connectivity index is 1.37. The van der Waals surface area contributed by atoms with Crippen molar-refractivity contribution in [3.63, 3.8) is 0 Å². The Hall–Kier alpha value is -3.48. The predicted molar refractivity (Wildman–Crippen MR) is 128 cm³/mol. The highest BCUT2D eigenvalue weighted by molar-refractivity contribution is 7.13. The number of esters is 1. The normalized spacial score (nSPS) is 11.2. The summed E-state index contributed by atoms with van der Waals surface area (Å²) in [7, 11) is 0. The van der Waals surface area contributed by atoms with E-state index in [1.54, 1.807) is 12.1 Å². The minimum Gasteiger partial charge on any atom is -0.458 e. The van der Waals surface area contributed by atoms with Crippen molar-refractivity contribution in [2.75, 3.05) is 0 Å². The fraction of sp³-hybridized carbons (Fsp3) is 0.0800. The minimum absolute atomic E-state index is 0.00448. The Labute approximate surface area is 192 Å². The molecular weight excluding hydrogens is 444 g/mol. The molecule has 0 aliphatic heterocycles. The lowest BCUT2D eigenvalue weighted by Crippen LogP contribution is -2.18. The van der Waals surface area contributed by atoms with Crippen molar-refractivity contribution in [3.05, 3.63) is 99.1 Å². The van der Waals surface area contributed by atoms with E-state index in [1.165, 1.54) is 11.3 Å². The van der Waals surface area contributed by atoms with E-state index in [0.29, 0.717) is 32.5 Å². The number of carbonyl (C=O) groups excluding carboxylic acids is 1. The van der Waals surface area contributed by atoms with Crippen molar-refractivity contribution in [3.8, 4) is 10.6 Å². The van der Waals surface area contributed by atoms with Crippen LogP contribution in [0.2, 0.25) is 5.02 Å². The summed E-state index contributed by atoms with van der Waals surface area (Å²) in [5.41, 5.74) is 3.00. The van der Waals surface area contributed by atoms with Crippen LogP contribution in [0.3, 0.4) is 0 Å². The van der Waals surface area contributed by atoms with E-state index < -0.39 is 5.97 Å². The summed E-state index contributed by atoms with van der Waals surface area (Å²) in [6.07, 6.45) is 0. The van der Waals surface area contributed by atoms with Gasteiger partial charge in [0.1, 0.15) is 18.2 Å². The van der Waals surface area contributed by atoms with Gasteiger partial charge in [-0.1, -0.05) is 48.0 Å². The zero-order valence-corrected chi connectivity index (χ0v) is 18.4. The SMILES string of the molecule is O=C(Cn1c2ccccc2c(=O)c2ccccc21)OCc1csc(-c2ccc(Cl)cc2)n1. The number of carbonyl (C=O) groups is 1. The second kappa shape index (κ2) is 8.57. The van der Waals surface area contributed by atoms with Crippen molar-refractivity contribution in [1.29, 1.82) is 0 Å². The zero-order chi connectivity index (χ0) is 22.1. The Bertz CT molecular complexity index is 1450. The number of hydrogen-bond acceptors (Lipinski definition) is 5. The van der Waals surface area contributed by atoms with E-state index in [-0.39, 0.29) is 18.6 Å². The molecule has 0 aliphatic rings. The molecule has 7 heteroatoms. The molecule has 0 spiro atoms. The van der Waals surface area contributed by atoms with Crippen LogP contribution in [0.25, 0.3) is 32.4 Å². The summed E-state index contributed by atoms with van der Waals surface area (Å²) < 4.78 is 7.34. The molecule has 0 atom stereocenters.